The quantitative estimate of drug-likeness (QED) is 0.462. The molecule has 0 aliphatic carbocycles. The minimum Gasteiger partial charge on any atom is -0.383 e. The Morgan fingerprint density at radius 1 is 1.00 bits per heavy atom. The predicted octanol–water partition coefficient (Wildman–Crippen LogP) is 1.38. The van der Waals surface area contributed by atoms with E-state index in [1.54, 1.807) is 14.2 Å². The van der Waals surface area contributed by atoms with Crippen LogP contribution in [-0.2, 0) is 14.2 Å². The Hall–Kier alpha value is -0.200. The molecule has 1 N–H and O–H groups in total. The van der Waals surface area contributed by atoms with Gasteiger partial charge >= 0.3 is 0 Å². The summed E-state index contributed by atoms with van der Waals surface area (Å²) >= 11 is 0. The van der Waals surface area contributed by atoms with Crippen LogP contribution in [-0.4, -0.2) is 77.8 Å². The Balaban J connectivity index is 3.62. The maximum atomic E-state index is 5.32. The number of hydrogen-bond donors (Lipinski definition) is 1. The van der Waals surface area contributed by atoms with Crippen LogP contribution in [0.15, 0.2) is 0 Å². The third-order valence-electron chi connectivity index (χ3n) is 3.29. The van der Waals surface area contributed by atoms with Crippen molar-refractivity contribution in [1.82, 2.24) is 10.2 Å². The highest BCUT2D eigenvalue weighted by atomic mass is 16.5. The number of unbranched alkanes of at least 4 members (excludes halogenated alkanes) is 1. The largest absolute Gasteiger partial charge is 0.383 e. The summed E-state index contributed by atoms with van der Waals surface area (Å²) < 4.78 is 15.7. The molecule has 0 aromatic carbocycles. The fourth-order valence-corrected chi connectivity index (χ4v) is 2.05. The first-order valence-electron chi connectivity index (χ1n) is 7.76. The van der Waals surface area contributed by atoms with Crippen LogP contribution in [0.1, 0.15) is 26.7 Å². The van der Waals surface area contributed by atoms with E-state index < -0.39 is 0 Å². The molecule has 122 valence electrons. The van der Waals surface area contributed by atoms with Crippen molar-refractivity contribution in [2.24, 2.45) is 0 Å². The highest BCUT2D eigenvalue weighted by Gasteiger charge is 2.12. The molecule has 1 unspecified atom stereocenters. The van der Waals surface area contributed by atoms with Crippen LogP contribution in [0.5, 0.6) is 0 Å². The van der Waals surface area contributed by atoms with Crippen molar-refractivity contribution in [1.29, 1.82) is 0 Å². The van der Waals surface area contributed by atoms with Gasteiger partial charge in [-0.3, -0.25) is 4.90 Å². The first-order chi connectivity index (χ1) is 9.76. The predicted molar refractivity (Wildman–Crippen MR) is 83.4 cm³/mol. The van der Waals surface area contributed by atoms with E-state index in [2.05, 4.69) is 17.1 Å². The zero-order chi connectivity index (χ0) is 15.1. The molecule has 5 heteroatoms. The Morgan fingerprint density at radius 3 is 2.45 bits per heavy atom. The number of ether oxygens (including phenoxy) is 3. The van der Waals surface area contributed by atoms with Crippen LogP contribution in [0.25, 0.3) is 0 Å². The lowest BCUT2D eigenvalue weighted by Gasteiger charge is -2.28. The van der Waals surface area contributed by atoms with E-state index in [4.69, 9.17) is 14.2 Å². The molecule has 0 rings (SSSR count). The average Bonchev–Trinajstić information content (AvgIpc) is 2.45. The Morgan fingerprint density at radius 2 is 1.80 bits per heavy atom. The molecule has 1 atom stereocenters. The van der Waals surface area contributed by atoms with Crippen LogP contribution in [0.3, 0.4) is 0 Å². The van der Waals surface area contributed by atoms with Crippen molar-refractivity contribution in [3.63, 3.8) is 0 Å². The molecule has 0 heterocycles. The van der Waals surface area contributed by atoms with E-state index in [0.717, 1.165) is 59.0 Å². The van der Waals surface area contributed by atoms with Gasteiger partial charge in [0.25, 0.3) is 0 Å². The molecule has 0 amide bonds. The van der Waals surface area contributed by atoms with E-state index in [1.165, 1.54) is 6.42 Å². The molecule has 0 aromatic rings. The number of rotatable bonds is 15. The first kappa shape index (κ1) is 19.8. The van der Waals surface area contributed by atoms with Crippen LogP contribution in [0.2, 0.25) is 0 Å². The molecule has 5 nitrogen and oxygen atoms in total. The van der Waals surface area contributed by atoms with E-state index in [-0.39, 0.29) is 0 Å². The summed E-state index contributed by atoms with van der Waals surface area (Å²) in [6, 6.07) is 0.426. The van der Waals surface area contributed by atoms with Crippen molar-refractivity contribution >= 4 is 0 Å². The number of methoxy groups -OCH3 is 2. The first-order valence-corrected chi connectivity index (χ1v) is 7.76. The van der Waals surface area contributed by atoms with Crippen molar-refractivity contribution in [3.05, 3.63) is 0 Å². The van der Waals surface area contributed by atoms with Gasteiger partial charge in [-0.15, -0.1) is 0 Å². The van der Waals surface area contributed by atoms with Gasteiger partial charge in [-0.25, -0.2) is 0 Å². The topological polar surface area (TPSA) is 43.0 Å². The molecule has 0 aromatic heterocycles. The lowest BCUT2D eigenvalue weighted by molar-refractivity contribution is 0.0756. The zero-order valence-electron chi connectivity index (χ0n) is 13.8. The normalized spacial score (nSPS) is 13.1. The monoisotopic (exact) mass is 290 g/mol. The van der Waals surface area contributed by atoms with Gasteiger partial charge in [0, 0.05) is 53.1 Å². The molecule has 20 heavy (non-hydrogen) atoms. The number of nitrogens with zero attached hydrogens (tertiary/aromatic N) is 1. The standard InChI is InChI=1S/C15H34N2O3/c1-5-20-12-7-6-8-16-9-10-17(11-13-18-3)15(2)14-19-4/h15-16H,5-14H2,1-4H3. The Labute approximate surface area is 124 Å². The molecule has 0 bridgehead atoms. The molecule has 0 fully saturated rings. The molecule has 0 saturated carbocycles. The van der Waals surface area contributed by atoms with Crippen LogP contribution < -0.4 is 5.32 Å². The van der Waals surface area contributed by atoms with E-state index in [9.17, 15) is 0 Å². The number of nitrogens with one attached hydrogen (secondary N) is 1. The highest BCUT2D eigenvalue weighted by Crippen LogP contribution is 1.99. The van der Waals surface area contributed by atoms with Gasteiger partial charge in [0.15, 0.2) is 0 Å². The van der Waals surface area contributed by atoms with Gasteiger partial charge in [-0.1, -0.05) is 0 Å². The van der Waals surface area contributed by atoms with Crippen molar-refractivity contribution in [2.75, 3.05) is 66.8 Å². The van der Waals surface area contributed by atoms with Crippen LogP contribution in [0.4, 0.5) is 0 Å². The molecule has 0 radical (unpaired) electrons. The van der Waals surface area contributed by atoms with Gasteiger partial charge in [-0.2, -0.15) is 0 Å². The second-order valence-electron chi connectivity index (χ2n) is 4.99. The molecule has 0 aliphatic heterocycles. The summed E-state index contributed by atoms with van der Waals surface area (Å²) in [5.74, 6) is 0. The van der Waals surface area contributed by atoms with Crippen LogP contribution >= 0.6 is 0 Å². The van der Waals surface area contributed by atoms with Gasteiger partial charge in [0.05, 0.1) is 13.2 Å². The fourth-order valence-electron chi connectivity index (χ4n) is 2.05. The van der Waals surface area contributed by atoms with Gasteiger partial charge in [0.1, 0.15) is 0 Å². The highest BCUT2D eigenvalue weighted by molar-refractivity contribution is 4.68. The maximum absolute atomic E-state index is 5.32. The summed E-state index contributed by atoms with van der Waals surface area (Å²) in [7, 11) is 3.50. The third-order valence-corrected chi connectivity index (χ3v) is 3.29. The molecular formula is C15H34N2O3. The summed E-state index contributed by atoms with van der Waals surface area (Å²) in [6.07, 6.45) is 2.31. The van der Waals surface area contributed by atoms with Gasteiger partial charge in [-0.05, 0) is 33.2 Å². The summed E-state index contributed by atoms with van der Waals surface area (Å²) in [6.45, 7) is 11.5. The lowest BCUT2D eigenvalue weighted by atomic mass is 10.3. The second kappa shape index (κ2) is 15.2. The molecule has 0 aliphatic rings. The van der Waals surface area contributed by atoms with E-state index in [0.29, 0.717) is 6.04 Å². The maximum Gasteiger partial charge on any atom is 0.0615 e. The van der Waals surface area contributed by atoms with Gasteiger partial charge < -0.3 is 19.5 Å². The summed E-state index contributed by atoms with van der Waals surface area (Å²) in [5, 5.41) is 3.49. The fraction of sp³-hybridized carbons (Fsp3) is 1.00. The van der Waals surface area contributed by atoms with Gasteiger partial charge in [0.2, 0.25) is 0 Å². The van der Waals surface area contributed by atoms with Crippen molar-refractivity contribution in [3.8, 4) is 0 Å². The van der Waals surface area contributed by atoms with Crippen molar-refractivity contribution in [2.45, 2.75) is 32.7 Å². The SMILES string of the molecule is CCOCCCCNCCN(CCOC)C(C)COC. The Bertz CT molecular complexity index is 194. The second-order valence-corrected chi connectivity index (χ2v) is 4.99. The van der Waals surface area contributed by atoms with Crippen LogP contribution in [0, 0.1) is 0 Å². The zero-order valence-corrected chi connectivity index (χ0v) is 13.8. The summed E-state index contributed by atoms with van der Waals surface area (Å²) in [5.41, 5.74) is 0. The lowest BCUT2D eigenvalue weighted by Crippen LogP contribution is -2.42. The molecular weight excluding hydrogens is 256 g/mol. The average molecular weight is 290 g/mol. The molecule has 0 saturated heterocycles. The molecule has 0 spiro atoms. The number of hydrogen-bond acceptors (Lipinski definition) is 5. The Kier molecular flexibility index (Phi) is 15.0. The van der Waals surface area contributed by atoms with E-state index in [1.807, 2.05) is 6.92 Å². The van der Waals surface area contributed by atoms with Crippen molar-refractivity contribution < 1.29 is 14.2 Å². The summed E-state index contributed by atoms with van der Waals surface area (Å²) in [4.78, 5) is 2.40. The minimum atomic E-state index is 0.426. The third kappa shape index (κ3) is 11.6. The smallest absolute Gasteiger partial charge is 0.0615 e. The minimum absolute atomic E-state index is 0.426. The van der Waals surface area contributed by atoms with E-state index >= 15 is 0 Å².